The monoisotopic (exact) mass is 401 g/mol. The van der Waals surface area contributed by atoms with E-state index in [0.717, 1.165) is 15.2 Å². The summed E-state index contributed by atoms with van der Waals surface area (Å²) in [5.74, 6) is 0.830. The van der Waals surface area contributed by atoms with Crippen LogP contribution in [-0.2, 0) is 6.54 Å². The first-order valence-corrected chi connectivity index (χ1v) is 6.90. The third-order valence-electron chi connectivity index (χ3n) is 2.09. The Morgan fingerprint density at radius 2 is 1.76 bits per heavy atom. The lowest BCUT2D eigenvalue weighted by Crippen LogP contribution is -1.98. The minimum absolute atomic E-state index is 0.440. The summed E-state index contributed by atoms with van der Waals surface area (Å²) in [6.45, 7) is 0.542. The third kappa shape index (κ3) is 3.44. The van der Waals surface area contributed by atoms with E-state index in [0.29, 0.717) is 21.6 Å². The van der Waals surface area contributed by atoms with E-state index >= 15 is 0 Å². The van der Waals surface area contributed by atoms with Crippen LogP contribution in [0.1, 0.15) is 5.76 Å². The van der Waals surface area contributed by atoms with Gasteiger partial charge in [0, 0.05) is 0 Å². The van der Waals surface area contributed by atoms with E-state index in [1.54, 1.807) is 12.1 Å². The zero-order valence-corrected chi connectivity index (χ0v) is 12.9. The molecule has 0 aliphatic carbocycles. The molecule has 0 aliphatic rings. The number of halogens is 4. The Labute approximate surface area is 127 Å². The van der Waals surface area contributed by atoms with Gasteiger partial charge >= 0.3 is 0 Å². The number of nitrogens with one attached hydrogen (secondary N) is 1. The highest BCUT2D eigenvalue weighted by Gasteiger charge is 2.06. The van der Waals surface area contributed by atoms with Crippen LogP contribution in [0.5, 0.6) is 0 Å². The first kappa shape index (κ1) is 13.3. The highest BCUT2D eigenvalue weighted by atomic mass is 127. The molecule has 17 heavy (non-hydrogen) atoms. The van der Waals surface area contributed by atoms with Crippen LogP contribution in [0, 0.1) is 3.77 Å². The molecule has 1 N–H and O–H groups in total. The van der Waals surface area contributed by atoms with E-state index in [2.05, 4.69) is 27.9 Å². The van der Waals surface area contributed by atoms with Crippen LogP contribution in [0.25, 0.3) is 0 Å². The Kier molecular flexibility index (Phi) is 4.47. The van der Waals surface area contributed by atoms with Crippen molar-refractivity contribution in [3.63, 3.8) is 0 Å². The number of benzene rings is 1. The van der Waals surface area contributed by atoms with E-state index in [4.69, 9.17) is 39.2 Å². The summed E-state index contributed by atoms with van der Waals surface area (Å²) in [7, 11) is 0. The second kappa shape index (κ2) is 5.69. The van der Waals surface area contributed by atoms with Gasteiger partial charge in [-0.15, -0.1) is 0 Å². The summed E-state index contributed by atoms with van der Waals surface area (Å²) < 4.78 is 6.27. The van der Waals surface area contributed by atoms with Crippen LogP contribution >= 0.6 is 57.4 Å². The fourth-order valence-electron chi connectivity index (χ4n) is 1.29. The van der Waals surface area contributed by atoms with E-state index in [1.807, 2.05) is 12.1 Å². The topological polar surface area (TPSA) is 25.2 Å². The molecule has 90 valence electrons. The Hall–Kier alpha value is -0.100. The molecule has 2 nitrogen and oxygen atoms in total. The van der Waals surface area contributed by atoms with Gasteiger partial charge in [0.05, 0.1) is 27.3 Å². The largest absolute Gasteiger partial charge is 0.454 e. The highest BCUT2D eigenvalue weighted by Crippen LogP contribution is 2.32. The fraction of sp³-hybridized carbons (Fsp3) is 0.0909. The average Bonchev–Trinajstić information content (AvgIpc) is 2.68. The van der Waals surface area contributed by atoms with Crippen molar-refractivity contribution >= 4 is 63.1 Å². The first-order valence-electron chi connectivity index (χ1n) is 4.69. The molecule has 0 aliphatic heterocycles. The average molecular weight is 402 g/mol. The number of anilines is 1. The second-order valence-corrected chi connectivity index (χ2v) is 5.59. The quantitative estimate of drug-likeness (QED) is 0.545. The van der Waals surface area contributed by atoms with Gasteiger partial charge in [-0.25, -0.2) is 0 Å². The number of hydrogen-bond acceptors (Lipinski definition) is 2. The van der Waals surface area contributed by atoms with Gasteiger partial charge in [0.2, 0.25) is 0 Å². The summed E-state index contributed by atoms with van der Waals surface area (Å²) in [5, 5.41) is 4.57. The Morgan fingerprint density at radius 3 is 2.41 bits per heavy atom. The molecular formula is C11H7Cl3INO. The maximum Gasteiger partial charge on any atom is 0.164 e. The van der Waals surface area contributed by atoms with Crippen molar-refractivity contribution < 1.29 is 4.42 Å². The normalized spacial score (nSPS) is 10.6. The Bertz CT molecular complexity index is 542. The van der Waals surface area contributed by atoms with Gasteiger partial charge < -0.3 is 9.73 Å². The van der Waals surface area contributed by atoms with Crippen molar-refractivity contribution in [1.29, 1.82) is 0 Å². The lowest BCUT2D eigenvalue weighted by atomic mass is 10.3. The molecule has 0 radical (unpaired) electrons. The SMILES string of the molecule is Clc1cc(Cl)c(NCc2ccc(I)o2)cc1Cl. The summed E-state index contributed by atoms with van der Waals surface area (Å²) in [6.07, 6.45) is 0. The molecule has 1 heterocycles. The highest BCUT2D eigenvalue weighted by molar-refractivity contribution is 14.1. The van der Waals surface area contributed by atoms with Gasteiger partial charge in [0.25, 0.3) is 0 Å². The molecule has 0 spiro atoms. The number of hydrogen-bond donors (Lipinski definition) is 1. The van der Waals surface area contributed by atoms with Gasteiger partial charge in [-0.1, -0.05) is 34.8 Å². The van der Waals surface area contributed by atoms with Crippen molar-refractivity contribution in [3.8, 4) is 0 Å². The minimum Gasteiger partial charge on any atom is -0.454 e. The summed E-state index contributed by atoms with van der Waals surface area (Å²) in [6, 6.07) is 7.11. The van der Waals surface area contributed by atoms with Crippen molar-refractivity contribution in [1.82, 2.24) is 0 Å². The van der Waals surface area contributed by atoms with Crippen LogP contribution in [0.15, 0.2) is 28.7 Å². The Morgan fingerprint density at radius 1 is 1.06 bits per heavy atom. The first-order chi connectivity index (χ1) is 8.06. The smallest absolute Gasteiger partial charge is 0.164 e. The molecule has 0 fully saturated rings. The predicted octanol–water partition coefficient (Wildman–Crippen LogP) is 5.46. The molecule has 0 atom stereocenters. The maximum atomic E-state index is 6.04. The van der Waals surface area contributed by atoms with E-state index in [1.165, 1.54) is 0 Å². The lowest BCUT2D eigenvalue weighted by molar-refractivity contribution is 0.493. The molecule has 2 aromatic rings. The van der Waals surface area contributed by atoms with E-state index in [9.17, 15) is 0 Å². The van der Waals surface area contributed by atoms with Crippen LogP contribution < -0.4 is 5.32 Å². The van der Waals surface area contributed by atoms with E-state index in [-0.39, 0.29) is 0 Å². The second-order valence-electron chi connectivity index (χ2n) is 3.31. The molecule has 0 saturated carbocycles. The van der Waals surface area contributed by atoms with Crippen LogP contribution in [0.2, 0.25) is 15.1 Å². The molecule has 2 rings (SSSR count). The zero-order valence-electron chi connectivity index (χ0n) is 8.44. The lowest BCUT2D eigenvalue weighted by Gasteiger charge is -2.08. The molecule has 0 saturated heterocycles. The molecular weight excluding hydrogens is 395 g/mol. The number of furan rings is 1. The minimum atomic E-state index is 0.440. The van der Waals surface area contributed by atoms with Gasteiger partial charge in [-0.3, -0.25) is 0 Å². The number of rotatable bonds is 3. The summed E-state index contributed by atoms with van der Waals surface area (Å²) in [4.78, 5) is 0. The van der Waals surface area contributed by atoms with Gasteiger partial charge in [-0.2, -0.15) is 0 Å². The van der Waals surface area contributed by atoms with E-state index < -0.39 is 0 Å². The van der Waals surface area contributed by atoms with Crippen molar-refractivity contribution in [2.75, 3.05) is 5.32 Å². The van der Waals surface area contributed by atoms with Gasteiger partial charge in [0.15, 0.2) is 3.77 Å². The van der Waals surface area contributed by atoms with Gasteiger partial charge in [0.1, 0.15) is 5.76 Å². The summed E-state index contributed by atoms with van der Waals surface area (Å²) in [5.41, 5.74) is 0.729. The van der Waals surface area contributed by atoms with Gasteiger partial charge in [-0.05, 0) is 46.9 Å². The Balaban J connectivity index is 2.11. The molecule has 0 unspecified atom stereocenters. The molecule has 0 bridgehead atoms. The molecule has 6 heteroatoms. The van der Waals surface area contributed by atoms with Crippen molar-refractivity contribution in [3.05, 3.63) is 48.9 Å². The standard InChI is InChI=1S/C11H7Cl3INO/c12-7-3-9(14)10(4-8(7)13)16-5-6-1-2-11(15)17-6/h1-4,16H,5H2. The van der Waals surface area contributed by atoms with Crippen LogP contribution in [0.3, 0.4) is 0 Å². The third-order valence-corrected chi connectivity index (χ3v) is 3.71. The maximum absolute atomic E-state index is 6.04. The van der Waals surface area contributed by atoms with Crippen molar-refractivity contribution in [2.24, 2.45) is 0 Å². The zero-order chi connectivity index (χ0) is 12.4. The summed E-state index contributed by atoms with van der Waals surface area (Å²) >= 11 is 19.9. The van der Waals surface area contributed by atoms with Crippen LogP contribution in [0.4, 0.5) is 5.69 Å². The van der Waals surface area contributed by atoms with Crippen molar-refractivity contribution in [2.45, 2.75) is 6.54 Å². The predicted molar refractivity (Wildman–Crippen MR) is 80.2 cm³/mol. The fourth-order valence-corrected chi connectivity index (χ4v) is 2.36. The molecule has 1 aromatic heterocycles. The molecule has 0 amide bonds. The molecule has 1 aromatic carbocycles. The van der Waals surface area contributed by atoms with Crippen LogP contribution in [-0.4, -0.2) is 0 Å².